The molecule has 1 aliphatic rings. The van der Waals surface area contributed by atoms with Crippen molar-refractivity contribution in [3.05, 3.63) is 65.4 Å². The summed E-state index contributed by atoms with van der Waals surface area (Å²) in [6.07, 6.45) is 5.14. The molecule has 1 saturated carbocycles. The molecule has 0 unspecified atom stereocenters. The van der Waals surface area contributed by atoms with Crippen LogP contribution in [0.1, 0.15) is 30.9 Å². The molecule has 5 rings (SSSR count). The number of fused-ring (bicyclic) bond motifs is 1. The Kier molecular flexibility index (Phi) is 5.32. The number of benzene rings is 2. The monoisotopic (exact) mass is 459 g/mol. The maximum Gasteiger partial charge on any atom is 0.409 e. The van der Waals surface area contributed by atoms with Gasteiger partial charge in [0.25, 0.3) is 0 Å². The second kappa shape index (κ2) is 8.45. The minimum atomic E-state index is -1.19. The average Bonchev–Trinajstić information content (AvgIpc) is 3.08. The fourth-order valence-corrected chi connectivity index (χ4v) is 4.33. The molecule has 2 N–H and O–H groups in total. The molecule has 2 heterocycles. The fraction of sp³-hybridized carbons (Fsp3) is 0.167. The summed E-state index contributed by atoms with van der Waals surface area (Å²) < 4.78 is 8.00. The SMILES string of the molecule is N#Cc1c(-c2ccc(NC(=O)O)c(Cl)c2)n(C2CCC2)c2cc(Oc3ncccn3)ccc12. The van der Waals surface area contributed by atoms with E-state index in [1.54, 1.807) is 42.7 Å². The van der Waals surface area contributed by atoms with Gasteiger partial charge in [0.1, 0.15) is 11.8 Å². The summed E-state index contributed by atoms with van der Waals surface area (Å²) in [6.45, 7) is 0. The molecule has 0 saturated heterocycles. The zero-order chi connectivity index (χ0) is 22.9. The lowest BCUT2D eigenvalue weighted by Crippen LogP contribution is -2.18. The molecule has 0 bridgehead atoms. The van der Waals surface area contributed by atoms with Crippen molar-refractivity contribution in [2.24, 2.45) is 0 Å². The number of ether oxygens (including phenoxy) is 1. The van der Waals surface area contributed by atoms with E-state index in [4.69, 9.17) is 21.4 Å². The summed E-state index contributed by atoms with van der Waals surface area (Å²) in [7, 11) is 0. The lowest BCUT2D eigenvalue weighted by Gasteiger charge is -2.30. The number of rotatable bonds is 5. The zero-order valence-electron chi connectivity index (χ0n) is 17.3. The van der Waals surface area contributed by atoms with Crippen LogP contribution in [0.5, 0.6) is 11.8 Å². The van der Waals surface area contributed by atoms with Crippen LogP contribution in [0.4, 0.5) is 10.5 Å². The topological polar surface area (TPSA) is 113 Å². The smallest absolute Gasteiger partial charge is 0.409 e. The number of anilines is 1. The highest BCUT2D eigenvalue weighted by Crippen LogP contribution is 2.44. The predicted octanol–water partition coefficient (Wildman–Crippen LogP) is 6.23. The first-order valence-electron chi connectivity index (χ1n) is 10.4. The van der Waals surface area contributed by atoms with Crippen molar-refractivity contribution in [1.29, 1.82) is 5.26 Å². The largest absolute Gasteiger partial charge is 0.465 e. The molecule has 0 atom stereocenters. The lowest BCUT2D eigenvalue weighted by atomic mass is 9.92. The second-order valence-corrected chi connectivity index (χ2v) is 8.13. The molecule has 33 heavy (non-hydrogen) atoms. The third-order valence-electron chi connectivity index (χ3n) is 5.76. The van der Waals surface area contributed by atoms with E-state index in [0.717, 1.165) is 41.4 Å². The number of halogens is 1. The number of nitrogens with zero attached hydrogens (tertiary/aromatic N) is 4. The Morgan fingerprint density at radius 3 is 2.64 bits per heavy atom. The standard InChI is InChI=1S/C24H18ClN5O3/c25-19-11-14(5-8-20(19)29-24(31)32)22-18(13-26)17-7-6-16(33-23-27-9-2-10-28-23)12-21(17)30(22)15-3-1-4-15/h2,5-12,15,29H,1,3-4H2,(H,31,32). The number of carbonyl (C=O) groups is 1. The maximum atomic E-state index is 11.0. The highest BCUT2D eigenvalue weighted by molar-refractivity contribution is 6.34. The maximum absolute atomic E-state index is 11.0. The summed E-state index contributed by atoms with van der Waals surface area (Å²) >= 11 is 6.36. The molecule has 1 fully saturated rings. The first-order valence-corrected chi connectivity index (χ1v) is 10.8. The number of amides is 1. The van der Waals surface area contributed by atoms with Gasteiger partial charge in [0.2, 0.25) is 0 Å². The summed E-state index contributed by atoms with van der Waals surface area (Å²) in [6, 6.07) is 15.2. The highest BCUT2D eigenvalue weighted by Gasteiger charge is 2.28. The number of hydrogen-bond acceptors (Lipinski definition) is 5. The van der Waals surface area contributed by atoms with Crippen molar-refractivity contribution in [2.75, 3.05) is 5.32 Å². The Hall–Kier alpha value is -4.09. The first kappa shape index (κ1) is 20.8. The van der Waals surface area contributed by atoms with Gasteiger partial charge in [-0.2, -0.15) is 5.26 Å². The van der Waals surface area contributed by atoms with E-state index in [1.165, 1.54) is 0 Å². The molecule has 2 aromatic carbocycles. The molecule has 2 aromatic heterocycles. The molecular weight excluding hydrogens is 442 g/mol. The molecule has 164 valence electrons. The van der Waals surface area contributed by atoms with Crippen LogP contribution < -0.4 is 10.1 Å². The van der Waals surface area contributed by atoms with Crippen LogP contribution in [0.3, 0.4) is 0 Å². The van der Waals surface area contributed by atoms with Crippen molar-refractivity contribution < 1.29 is 14.6 Å². The predicted molar refractivity (Wildman–Crippen MR) is 124 cm³/mol. The van der Waals surface area contributed by atoms with Crippen molar-refractivity contribution in [3.63, 3.8) is 0 Å². The third kappa shape index (κ3) is 3.83. The van der Waals surface area contributed by atoms with Crippen LogP contribution in [0.2, 0.25) is 5.02 Å². The van der Waals surface area contributed by atoms with Crippen LogP contribution in [0, 0.1) is 11.3 Å². The minimum absolute atomic E-state index is 0.239. The van der Waals surface area contributed by atoms with Crippen molar-refractivity contribution >= 4 is 34.3 Å². The van der Waals surface area contributed by atoms with Crippen LogP contribution in [0.15, 0.2) is 54.9 Å². The number of nitrogens with one attached hydrogen (secondary N) is 1. The summed E-state index contributed by atoms with van der Waals surface area (Å²) in [5.41, 5.74) is 3.20. The summed E-state index contributed by atoms with van der Waals surface area (Å²) in [5, 5.41) is 22.4. The van der Waals surface area contributed by atoms with E-state index >= 15 is 0 Å². The van der Waals surface area contributed by atoms with Crippen LogP contribution in [-0.4, -0.2) is 25.7 Å². The van der Waals surface area contributed by atoms with Gasteiger partial charge in [0.15, 0.2) is 0 Å². The number of aromatic nitrogens is 3. The van der Waals surface area contributed by atoms with Crippen molar-refractivity contribution in [2.45, 2.75) is 25.3 Å². The van der Waals surface area contributed by atoms with Gasteiger partial charge >= 0.3 is 12.1 Å². The van der Waals surface area contributed by atoms with Gasteiger partial charge in [-0.05, 0) is 49.6 Å². The molecule has 0 radical (unpaired) electrons. The molecule has 1 aliphatic carbocycles. The number of hydrogen-bond donors (Lipinski definition) is 2. The molecule has 0 spiro atoms. The minimum Gasteiger partial charge on any atom is -0.465 e. The van der Waals surface area contributed by atoms with Crippen LogP contribution in [0.25, 0.3) is 22.2 Å². The number of carboxylic acid groups (broad SMARTS) is 1. The van der Waals surface area contributed by atoms with Crippen molar-refractivity contribution in [3.8, 4) is 29.1 Å². The number of nitriles is 1. The van der Waals surface area contributed by atoms with Crippen molar-refractivity contribution in [1.82, 2.24) is 14.5 Å². The Bertz CT molecular complexity index is 1410. The van der Waals surface area contributed by atoms with E-state index < -0.39 is 6.09 Å². The van der Waals surface area contributed by atoms with Gasteiger partial charge in [-0.25, -0.2) is 14.8 Å². The van der Waals surface area contributed by atoms with E-state index in [9.17, 15) is 10.1 Å². The normalized spacial score (nSPS) is 13.3. The van der Waals surface area contributed by atoms with E-state index in [0.29, 0.717) is 11.3 Å². The Labute approximate surface area is 194 Å². The lowest BCUT2D eigenvalue weighted by molar-refractivity contribution is 0.209. The van der Waals surface area contributed by atoms with E-state index in [2.05, 4.69) is 25.9 Å². The Balaban J connectivity index is 1.67. The summed E-state index contributed by atoms with van der Waals surface area (Å²) in [5.74, 6) is 0.571. The first-order chi connectivity index (χ1) is 16.0. The Morgan fingerprint density at radius 2 is 2.00 bits per heavy atom. The molecule has 4 aromatic rings. The highest BCUT2D eigenvalue weighted by atomic mass is 35.5. The average molecular weight is 460 g/mol. The van der Waals surface area contributed by atoms with Gasteiger partial charge in [-0.1, -0.05) is 17.7 Å². The van der Waals surface area contributed by atoms with Gasteiger partial charge in [-0.15, -0.1) is 0 Å². The molecule has 8 nitrogen and oxygen atoms in total. The Morgan fingerprint density at radius 1 is 1.21 bits per heavy atom. The zero-order valence-corrected chi connectivity index (χ0v) is 18.1. The molecule has 1 amide bonds. The third-order valence-corrected chi connectivity index (χ3v) is 6.08. The van der Waals surface area contributed by atoms with E-state index in [-0.39, 0.29) is 22.8 Å². The van der Waals surface area contributed by atoms with E-state index in [1.807, 2.05) is 12.1 Å². The van der Waals surface area contributed by atoms with Gasteiger partial charge in [0, 0.05) is 35.5 Å². The quantitative estimate of drug-likeness (QED) is 0.365. The van der Waals surface area contributed by atoms with Gasteiger partial charge in [-0.3, -0.25) is 5.32 Å². The van der Waals surface area contributed by atoms with Crippen LogP contribution in [-0.2, 0) is 0 Å². The molecule has 9 heteroatoms. The summed E-state index contributed by atoms with van der Waals surface area (Å²) in [4.78, 5) is 19.2. The van der Waals surface area contributed by atoms with Crippen LogP contribution >= 0.6 is 11.6 Å². The fourth-order valence-electron chi connectivity index (χ4n) is 4.10. The second-order valence-electron chi connectivity index (χ2n) is 7.73. The van der Waals surface area contributed by atoms with Gasteiger partial charge in [0.05, 0.1) is 27.5 Å². The molecule has 0 aliphatic heterocycles. The van der Waals surface area contributed by atoms with Gasteiger partial charge < -0.3 is 14.4 Å². The molecular formula is C24H18ClN5O3.